The summed E-state index contributed by atoms with van der Waals surface area (Å²) < 4.78 is 48.2. The van der Waals surface area contributed by atoms with Crippen LogP contribution < -0.4 is 4.90 Å². The van der Waals surface area contributed by atoms with E-state index in [-0.39, 0.29) is 12.2 Å². The third-order valence-corrected chi connectivity index (χ3v) is 8.05. The van der Waals surface area contributed by atoms with Crippen molar-refractivity contribution in [2.45, 2.75) is 11.3 Å². The zero-order valence-electron chi connectivity index (χ0n) is 10.5. The van der Waals surface area contributed by atoms with Crippen LogP contribution in [0.4, 0.5) is 5.69 Å². The molecule has 2 aliphatic heterocycles. The van der Waals surface area contributed by atoms with Crippen LogP contribution in [-0.2, 0) is 24.5 Å². The van der Waals surface area contributed by atoms with Gasteiger partial charge in [0.2, 0.25) is 5.91 Å². The molecule has 0 aromatic heterocycles. The zero-order valence-corrected chi connectivity index (χ0v) is 12.2. The van der Waals surface area contributed by atoms with Crippen LogP contribution in [0.25, 0.3) is 0 Å². The maximum absolute atomic E-state index is 12.3. The fraction of sp³-hybridized carbons (Fsp3) is 0.417. The molecule has 1 atom stereocenters. The Balaban J connectivity index is 2.20. The molecule has 0 N–H and O–H groups in total. The number of benzene rings is 1. The smallest absolute Gasteiger partial charge is 0.243 e. The van der Waals surface area contributed by atoms with Crippen molar-refractivity contribution >= 4 is 31.3 Å². The van der Waals surface area contributed by atoms with Crippen molar-refractivity contribution in [2.24, 2.45) is 0 Å². The van der Waals surface area contributed by atoms with Crippen molar-refractivity contribution in [1.29, 1.82) is 0 Å². The molecule has 2 aliphatic rings. The first kappa shape index (κ1) is 13.6. The number of nitrogens with zero attached hydrogens (tertiary/aromatic N) is 1. The molecule has 1 aromatic rings. The third kappa shape index (κ3) is 1.78. The number of sulfone groups is 2. The van der Waals surface area contributed by atoms with Gasteiger partial charge in [-0.2, -0.15) is 0 Å². The quantitative estimate of drug-likeness (QED) is 0.726. The van der Waals surface area contributed by atoms with Gasteiger partial charge in [-0.15, -0.1) is 0 Å². The van der Waals surface area contributed by atoms with E-state index in [2.05, 4.69) is 0 Å². The molecule has 108 valence electrons. The molecule has 2 heterocycles. The second-order valence-corrected chi connectivity index (χ2v) is 9.57. The van der Waals surface area contributed by atoms with E-state index in [4.69, 9.17) is 0 Å². The molecule has 2 saturated heterocycles. The van der Waals surface area contributed by atoms with Gasteiger partial charge in [-0.05, 0) is 12.1 Å². The Morgan fingerprint density at radius 2 is 1.70 bits per heavy atom. The number of rotatable bonds is 1. The molecular formula is C12H13NO5S2. The van der Waals surface area contributed by atoms with Crippen molar-refractivity contribution < 1.29 is 21.6 Å². The number of hydrogen-bond acceptors (Lipinski definition) is 5. The summed E-state index contributed by atoms with van der Waals surface area (Å²) >= 11 is 0. The van der Waals surface area contributed by atoms with Crippen LogP contribution in [0.5, 0.6) is 0 Å². The van der Waals surface area contributed by atoms with E-state index in [1.54, 1.807) is 30.3 Å². The summed E-state index contributed by atoms with van der Waals surface area (Å²) in [5.41, 5.74) is 0.427. The number of para-hydroxylation sites is 1. The number of amides is 1. The molecule has 8 heteroatoms. The zero-order chi connectivity index (χ0) is 14.6. The van der Waals surface area contributed by atoms with Crippen molar-refractivity contribution in [1.82, 2.24) is 0 Å². The summed E-state index contributed by atoms with van der Waals surface area (Å²) in [6.07, 6.45) is -0.0572. The van der Waals surface area contributed by atoms with E-state index in [1.165, 1.54) is 0 Å². The molecule has 3 rings (SSSR count). The molecule has 0 saturated carbocycles. The minimum absolute atomic E-state index is 0.0572. The largest absolute Gasteiger partial charge is 0.290 e. The normalized spacial score (nSPS) is 31.0. The predicted molar refractivity (Wildman–Crippen MR) is 73.7 cm³/mol. The lowest BCUT2D eigenvalue weighted by Gasteiger charge is -2.32. The summed E-state index contributed by atoms with van der Waals surface area (Å²) in [4.78, 5) is 11.7. The molecule has 0 bridgehead atoms. The van der Waals surface area contributed by atoms with Crippen LogP contribution in [0, 0.1) is 0 Å². The molecule has 20 heavy (non-hydrogen) atoms. The number of carbonyl (C=O) groups is 1. The predicted octanol–water partition coefficient (Wildman–Crippen LogP) is -0.0372. The summed E-state index contributed by atoms with van der Waals surface area (Å²) in [5, 5.41) is 0. The van der Waals surface area contributed by atoms with Gasteiger partial charge in [0.1, 0.15) is 5.75 Å². The Bertz CT molecular complexity index is 769. The number of carbonyl (C=O) groups excluding carboxylic acids is 1. The Morgan fingerprint density at radius 1 is 1.05 bits per heavy atom. The van der Waals surface area contributed by atoms with Crippen molar-refractivity contribution in [2.75, 3.05) is 22.2 Å². The first-order valence-corrected chi connectivity index (χ1v) is 9.56. The van der Waals surface area contributed by atoms with E-state index < -0.39 is 42.0 Å². The Kier molecular flexibility index (Phi) is 2.74. The lowest BCUT2D eigenvalue weighted by atomic mass is 10.1. The lowest BCUT2D eigenvalue weighted by molar-refractivity contribution is -0.116. The van der Waals surface area contributed by atoms with Crippen LogP contribution in [0.2, 0.25) is 0 Å². The third-order valence-electron chi connectivity index (χ3n) is 3.81. The fourth-order valence-corrected chi connectivity index (χ4v) is 7.67. The van der Waals surface area contributed by atoms with Gasteiger partial charge in [-0.1, -0.05) is 18.2 Å². The minimum atomic E-state index is -3.81. The average Bonchev–Trinajstić information content (AvgIpc) is 2.76. The SMILES string of the molecule is O=C1CS(=O)(=O)C2(CCS(=O)(=O)C2)N1c1ccccc1. The van der Waals surface area contributed by atoms with Gasteiger partial charge < -0.3 is 0 Å². The van der Waals surface area contributed by atoms with Crippen molar-refractivity contribution in [3.8, 4) is 0 Å². The van der Waals surface area contributed by atoms with Gasteiger partial charge in [0.15, 0.2) is 24.5 Å². The fourth-order valence-electron chi connectivity index (χ4n) is 2.91. The summed E-state index contributed by atoms with van der Waals surface area (Å²) in [7, 11) is -7.25. The lowest BCUT2D eigenvalue weighted by Crippen LogP contribution is -2.50. The first-order valence-electron chi connectivity index (χ1n) is 6.08. The van der Waals surface area contributed by atoms with Crippen LogP contribution in [0.1, 0.15) is 6.42 Å². The molecule has 2 fully saturated rings. The Hall–Kier alpha value is -1.41. The molecule has 0 radical (unpaired) electrons. The van der Waals surface area contributed by atoms with Gasteiger partial charge in [0.25, 0.3) is 0 Å². The minimum Gasteiger partial charge on any atom is -0.290 e. The van der Waals surface area contributed by atoms with E-state index in [9.17, 15) is 21.6 Å². The average molecular weight is 315 g/mol. The van der Waals surface area contributed by atoms with E-state index in [0.717, 1.165) is 4.90 Å². The van der Waals surface area contributed by atoms with Gasteiger partial charge >= 0.3 is 0 Å². The van der Waals surface area contributed by atoms with E-state index >= 15 is 0 Å². The molecule has 1 aromatic carbocycles. The van der Waals surface area contributed by atoms with Crippen LogP contribution in [-0.4, -0.2) is 44.9 Å². The molecule has 1 spiro atoms. The second-order valence-electron chi connectivity index (χ2n) is 5.11. The van der Waals surface area contributed by atoms with Crippen molar-refractivity contribution in [3.05, 3.63) is 30.3 Å². The van der Waals surface area contributed by atoms with Gasteiger partial charge in [0.05, 0.1) is 11.5 Å². The highest BCUT2D eigenvalue weighted by Gasteiger charge is 2.62. The highest BCUT2D eigenvalue weighted by molar-refractivity contribution is 7.97. The molecular weight excluding hydrogens is 302 g/mol. The summed E-state index contributed by atoms with van der Waals surface area (Å²) in [6.45, 7) is 0. The summed E-state index contributed by atoms with van der Waals surface area (Å²) in [5.74, 6) is -1.91. The second kappa shape index (κ2) is 4.05. The Labute approximate surface area is 117 Å². The topological polar surface area (TPSA) is 88.6 Å². The van der Waals surface area contributed by atoms with Gasteiger partial charge in [-0.25, -0.2) is 16.8 Å². The molecule has 1 unspecified atom stereocenters. The first-order chi connectivity index (χ1) is 9.28. The maximum atomic E-state index is 12.3. The summed E-state index contributed by atoms with van der Waals surface area (Å²) in [6, 6.07) is 8.35. The van der Waals surface area contributed by atoms with Gasteiger partial charge in [0, 0.05) is 12.1 Å². The van der Waals surface area contributed by atoms with E-state index in [1.807, 2.05) is 0 Å². The monoisotopic (exact) mass is 315 g/mol. The standard InChI is InChI=1S/C12H13NO5S2/c14-11-8-20(17,18)12(6-7-19(15,16)9-12)13(11)10-4-2-1-3-5-10/h1-5H,6-9H2. The number of hydrogen-bond donors (Lipinski definition) is 0. The highest BCUT2D eigenvalue weighted by atomic mass is 32.2. The van der Waals surface area contributed by atoms with Gasteiger partial charge in [-0.3, -0.25) is 9.69 Å². The molecule has 6 nitrogen and oxygen atoms in total. The van der Waals surface area contributed by atoms with Crippen LogP contribution >= 0.6 is 0 Å². The highest BCUT2D eigenvalue weighted by Crippen LogP contribution is 2.42. The van der Waals surface area contributed by atoms with Crippen LogP contribution in [0.3, 0.4) is 0 Å². The van der Waals surface area contributed by atoms with Crippen molar-refractivity contribution in [3.63, 3.8) is 0 Å². The molecule has 1 amide bonds. The van der Waals surface area contributed by atoms with Crippen LogP contribution in [0.15, 0.2) is 30.3 Å². The Morgan fingerprint density at radius 3 is 2.25 bits per heavy atom. The maximum Gasteiger partial charge on any atom is 0.243 e. The number of anilines is 1. The molecule has 0 aliphatic carbocycles. The van der Waals surface area contributed by atoms with E-state index in [0.29, 0.717) is 5.69 Å².